The summed E-state index contributed by atoms with van der Waals surface area (Å²) >= 11 is 6.12. The molecule has 0 unspecified atom stereocenters. The van der Waals surface area contributed by atoms with Gasteiger partial charge < -0.3 is 4.74 Å². The van der Waals surface area contributed by atoms with E-state index in [0.717, 1.165) is 5.56 Å². The molecule has 3 heterocycles. The summed E-state index contributed by atoms with van der Waals surface area (Å²) in [5, 5.41) is 0.550. The molecule has 0 spiro atoms. The second kappa shape index (κ2) is 3.96. The highest BCUT2D eigenvalue weighted by Crippen LogP contribution is 2.52. The van der Waals surface area contributed by atoms with E-state index in [-0.39, 0.29) is 17.9 Å². The largest absolute Gasteiger partial charge is 0.362 e. The summed E-state index contributed by atoms with van der Waals surface area (Å²) in [5.41, 5.74) is 0.792. The Hall–Kier alpha value is -1.65. The molecule has 2 bridgehead atoms. The molecule has 0 radical (unpaired) electrons. The third-order valence-corrected chi connectivity index (χ3v) is 5.15. The topological polar surface area (TPSA) is 46.6 Å². The number of hydrogen-bond acceptors (Lipinski definition) is 3. The molecule has 0 saturated carbocycles. The minimum absolute atomic E-state index is 0.192. The van der Waals surface area contributed by atoms with Gasteiger partial charge in [0.2, 0.25) is 11.8 Å². The zero-order chi connectivity index (χ0) is 14.9. The van der Waals surface area contributed by atoms with Crippen LogP contribution in [-0.4, -0.2) is 23.5 Å². The third-order valence-electron chi connectivity index (χ3n) is 4.74. The number of imide groups is 1. The van der Waals surface area contributed by atoms with Crippen LogP contribution in [0.15, 0.2) is 30.4 Å². The molecule has 4 rings (SSSR count). The van der Waals surface area contributed by atoms with E-state index in [2.05, 4.69) is 0 Å². The summed E-state index contributed by atoms with van der Waals surface area (Å²) in [7, 11) is 0. The summed E-state index contributed by atoms with van der Waals surface area (Å²) in [6.07, 6.45) is 3.50. The standard InChI is InChI=1S/C16H14ClNO3/c1-8-3-4-9(7-10(8)17)18-14(19)12-11-5-6-16(2,21-11)13(12)15(18)20/h3-7,11-13H,1-2H3/t11-,12-,13+,16-/m0/s1. The SMILES string of the molecule is Cc1ccc(N2C(=O)[C@H]3[C@@H]4C=C[C@](C)(O4)[C@H]3C2=O)cc1Cl. The predicted molar refractivity (Wildman–Crippen MR) is 78.1 cm³/mol. The molecule has 0 aliphatic carbocycles. The zero-order valence-electron chi connectivity index (χ0n) is 11.7. The normalized spacial score (nSPS) is 36.7. The van der Waals surface area contributed by atoms with Gasteiger partial charge in [0.1, 0.15) is 0 Å². The van der Waals surface area contributed by atoms with Crippen molar-refractivity contribution in [3.8, 4) is 0 Å². The van der Waals surface area contributed by atoms with Crippen molar-refractivity contribution in [1.29, 1.82) is 0 Å². The lowest BCUT2D eigenvalue weighted by atomic mass is 9.78. The summed E-state index contributed by atoms with van der Waals surface area (Å²) in [4.78, 5) is 26.7. The van der Waals surface area contributed by atoms with Crippen molar-refractivity contribution in [2.75, 3.05) is 4.90 Å². The van der Waals surface area contributed by atoms with Gasteiger partial charge in [-0.3, -0.25) is 9.59 Å². The van der Waals surface area contributed by atoms with E-state index >= 15 is 0 Å². The van der Waals surface area contributed by atoms with Gasteiger partial charge in [-0.25, -0.2) is 4.90 Å². The highest BCUT2D eigenvalue weighted by Gasteiger charge is 2.66. The number of carbonyl (C=O) groups excluding carboxylic acids is 2. The van der Waals surface area contributed by atoms with Crippen molar-refractivity contribution < 1.29 is 14.3 Å². The average Bonchev–Trinajstić information content (AvgIpc) is 3.03. The van der Waals surface area contributed by atoms with Gasteiger partial charge >= 0.3 is 0 Å². The number of rotatable bonds is 1. The van der Waals surface area contributed by atoms with Gasteiger partial charge in [-0.1, -0.05) is 29.8 Å². The molecule has 4 nitrogen and oxygen atoms in total. The van der Waals surface area contributed by atoms with Gasteiger partial charge in [-0.05, 0) is 31.5 Å². The first-order valence-corrected chi connectivity index (χ1v) is 7.31. The molecule has 1 aromatic rings. The summed E-state index contributed by atoms with van der Waals surface area (Å²) in [6.45, 7) is 3.75. The van der Waals surface area contributed by atoms with Crippen LogP contribution in [0.5, 0.6) is 0 Å². The van der Waals surface area contributed by atoms with E-state index < -0.39 is 17.4 Å². The van der Waals surface area contributed by atoms with Crippen molar-refractivity contribution in [3.63, 3.8) is 0 Å². The third kappa shape index (κ3) is 1.54. The predicted octanol–water partition coefficient (Wildman–Crippen LogP) is 2.48. The quantitative estimate of drug-likeness (QED) is 0.591. The number of anilines is 1. The number of nitrogens with zero attached hydrogens (tertiary/aromatic N) is 1. The molecule has 1 aromatic carbocycles. The lowest BCUT2D eigenvalue weighted by molar-refractivity contribution is -0.126. The molecule has 108 valence electrons. The Kier molecular flexibility index (Phi) is 2.46. The van der Waals surface area contributed by atoms with E-state index in [0.29, 0.717) is 10.7 Å². The summed E-state index contributed by atoms with van der Waals surface area (Å²) in [6, 6.07) is 5.25. The maximum atomic E-state index is 12.7. The van der Waals surface area contributed by atoms with Crippen LogP contribution in [-0.2, 0) is 14.3 Å². The van der Waals surface area contributed by atoms with Crippen LogP contribution in [0.4, 0.5) is 5.69 Å². The van der Waals surface area contributed by atoms with Crippen LogP contribution < -0.4 is 4.90 Å². The average molecular weight is 304 g/mol. The molecule has 2 amide bonds. The van der Waals surface area contributed by atoms with Crippen LogP contribution in [0, 0.1) is 18.8 Å². The van der Waals surface area contributed by atoms with Gasteiger partial charge in [-0.2, -0.15) is 0 Å². The molecule has 5 heteroatoms. The summed E-state index contributed by atoms with van der Waals surface area (Å²) in [5.74, 6) is -1.23. The maximum Gasteiger partial charge on any atom is 0.241 e. The second-order valence-corrected chi connectivity index (χ2v) is 6.48. The van der Waals surface area contributed by atoms with Gasteiger partial charge in [0.25, 0.3) is 0 Å². The molecule has 3 aliphatic rings. The lowest BCUT2D eigenvalue weighted by Gasteiger charge is -2.24. The van der Waals surface area contributed by atoms with E-state index in [1.807, 2.05) is 32.1 Å². The maximum absolute atomic E-state index is 12.7. The fraction of sp³-hybridized carbons (Fsp3) is 0.375. The first-order chi connectivity index (χ1) is 9.92. The van der Waals surface area contributed by atoms with Gasteiger partial charge in [0, 0.05) is 5.02 Å². The number of fused-ring (bicyclic) bond motifs is 5. The Morgan fingerprint density at radius 2 is 2.05 bits per heavy atom. The Morgan fingerprint density at radius 1 is 1.29 bits per heavy atom. The Labute approximate surface area is 127 Å². The monoisotopic (exact) mass is 303 g/mol. The van der Waals surface area contributed by atoms with E-state index in [1.165, 1.54) is 4.90 Å². The highest BCUT2D eigenvalue weighted by molar-refractivity contribution is 6.32. The molecule has 0 N–H and O–H groups in total. The minimum Gasteiger partial charge on any atom is -0.362 e. The fourth-order valence-electron chi connectivity index (χ4n) is 3.63. The molecule has 2 fully saturated rings. The number of ether oxygens (including phenoxy) is 1. The first-order valence-electron chi connectivity index (χ1n) is 6.93. The van der Waals surface area contributed by atoms with Crippen LogP contribution in [0.25, 0.3) is 0 Å². The zero-order valence-corrected chi connectivity index (χ0v) is 12.4. The molecule has 4 atom stereocenters. The molecule has 21 heavy (non-hydrogen) atoms. The molecule has 0 aromatic heterocycles. The number of benzene rings is 1. The number of amides is 2. The van der Waals surface area contributed by atoms with Crippen LogP contribution in [0.3, 0.4) is 0 Å². The van der Waals surface area contributed by atoms with Gasteiger partial charge in [0.05, 0.1) is 29.2 Å². The van der Waals surface area contributed by atoms with Gasteiger partial charge in [0.15, 0.2) is 0 Å². The minimum atomic E-state index is -0.661. The molecular formula is C16H14ClNO3. The Bertz CT molecular complexity index is 713. The van der Waals surface area contributed by atoms with Crippen molar-refractivity contribution in [2.45, 2.75) is 25.6 Å². The lowest BCUT2D eigenvalue weighted by Crippen LogP contribution is -2.38. The van der Waals surface area contributed by atoms with Crippen molar-refractivity contribution >= 4 is 29.1 Å². The number of hydrogen-bond donors (Lipinski definition) is 0. The van der Waals surface area contributed by atoms with Gasteiger partial charge in [-0.15, -0.1) is 0 Å². The summed E-state index contributed by atoms with van der Waals surface area (Å²) < 4.78 is 5.79. The van der Waals surface area contributed by atoms with Crippen molar-refractivity contribution in [2.24, 2.45) is 11.8 Å². The van der Waals surface area contributed by atoms with Crippen LogP contribution >= 0.6 is 11.6 Å². The highest BCUT2D eigenvalue weighted by atomic mass is 35.5. The molecule has 3 aliphatic heterocycles. The first kappa shape index (κ1) is 13.0. The fourth-order valence-corrected chi connectivity index (χ4v) is 3.80. The Morgan fingerprint density at radius 3 is 2.71 bits per heavy atom. The van der Waals surface area contributed by atoms with Crippen molar-refractivity contribution in [3.05, 3.63) is 40.9 Å². The Balaban J connectivity index is 1.78. The van der Waals surface area contributed by atoms with E-state index in [1.54, 1.807) is 12.1 Å². The number of carbonyl (C=O) groups is 2. The number of halogens is 1. The van der Waals surface area contributed by atoms with E-state index in [9.17, 15) is 9.59 Å². The van der Waals surface area contributed by atoms with Crippen LogP contribution in [0.2, 0.25) is 5.02 Å². The van der Waals surface area contributed by atoms with Crippen LogP contribution in [0.1, 0.15) is 12.5 Å². The smallest absolute Gasteiger partial charge is 0.241 e. The number of aryl methyl sites for hydroxylation is 1. The molecular weight excluding hydrogens is 290 g/mol. The van der Waals surface area contributed by atoms with E-state index in [4.69, 9.17) is 16.3 Å². The molecule has 2 saturated heterocycles. The second-order valence-electron chi connectivity index (χ2n) is 6.07. The van der Waals surface area contributed by atoms with Crippen molar-refractivity contribution in [1.82, 2.24) is 0 Å².